The van der Waals surface area contributed by atoms with Crippen LogP contribution in [-0.4, -0.2) is 12.6 Å². The van der Waals surface area contributed by atoms with Crippen LogP contribution < -0.4 is 10.6 Å². The third-order valence-electron chi connectivity index (χ3n) is 2.25. The van der Waals surface area contributed by atoms with Gasteiger partial charge in [-0.2, -0.15) is 0 Å². The van der Waals surface area contributed by atoms with Crippen molar-refractivity contribution in [1.82, 2.24) is 0 Å². The van der Waals surface area contributed by atoms with Crippen molar-refractivity contribution in [2.24, 2.45) is 0 Å². The van der Waals surface area contributed by atoms with E-state index in [4.69, 9.17) is 5.73 Å². The minimum absolute atomic E-state index is 0.500. The lowest BCUT2D eigenvalue weighted by Gasteiger charge is -2.28. The topological polar surface area (TPSA) is 29.3 Å². The van der Waals surface area contributed by atoms with Gasteiger partial charge in [-0.3, -0.25) is 0 Å². The summed E-state index contributed by atoms with van der Waals surface area (Å²) in [5.41, 5.74) is 7.69. The second kappa shape index (κ2) is 4.69. The van der Waals surface area contributed by atoms with Gasteiger partial charge in [-0.25, -0.2) is 0 Å². The summed E-state index contributed by atoms with van der Waals surface area (Å²) in [5, 5.41) is 0. The molecule has 14 heavy (non-hydrogen) atoms. The van der Waals surface area contributed by atoms with E-state index in [1.165, 1.54) is 5.69 Å². The first kappa shape index (κ1) is 11.4. The summed E-state index contributed by atoms with van der Waals surface area (Å²) in [4.78, 5) is 2.32. The molecule has 0 aliphatic rings. The fourth-order valence-corrected chi connectivity index (χ4v) is 2.19. The Morgan fingerprint density at radius 3 is 2.50 bits per heavy atom. The Bertz CT molecular complexity index is 310. The molecule has 0 atom stereocenters. The molecule has 0 unspecified atom stereocenters. The Morgan fingerprint density at radius 2 is 2.07 bits per heavy atom. The fourth-order valence-electron chi connectivity index (χ4n) is 1.57. The lowest BCUT2D eigenvalue weighted by Crippen LogP contribution is -2.30. The average Bonchev–Trinajstić information content (AvgIpc) is 2.09. The smallest absolute Gasteiger partial charge is 0.0514 e. The quantitative estimate of drug-likeness (QED) is 0.842. The third-order valence-corrected chi connectivity index (χ3v) is 2.88. The van der Waals surface area contributed by atoms with Crippen LogP contribution in [0.5, 0.6) is 0 Å². The molecule has 0 radical (unpaired) electrons. The molecular formula is C11H17BrN2. The Labute approximate surface area is 94.2 Å². The lowest BCUT2D eigenvalue weighted by atomic mass is 10.2. The number of hydrogen-bond donors (Lipinski definition) is 1. The molecule has 0 amide bonds. The maximum absolute atomic E-state index is 5.70. The molecule has 2 nitrogen and oxygen atoms in total. The van der Waals surface area contributed by atoms with Crippen LogP contribution >= 0.6 is 15.9 Å². The zero-order valence-corrected chi connectivity index (χ0v) is 10.5. The highest BCUT2D eigenvalue weighted by Gasteiger charge is 2.11. The highest BCUT2D eigenvalue weighted by Crippen LogP contribution is 2.29. The van der Waals surface area contributed by atoms with Gasteiger partial charge in [0, 0.05) is 22.7 Å². The van der Waals surface area contributed by atoms with Gasteiger partial charge in [0.1, 0.15) is 0 Å². The van der Waals surface area contributed by atoms with Crippen molar-refractivity contribution in [2.45, 2.75) is 26.8 Å². The van der Waals surface area contributed by atoms with Crippen LogP contribution in [0.15, 0.2) is 22.7 Å². The summed E-state index contributed by atoms with van der Waals surface area (Å²) >= 11 is 3.54. The molecule has 0 fully saturated rings. The minimum atomic E-state index is 0.500. The summed E-state index contributed by atoms with van der Waals surface area (Å²) in [6, 6.07) is 6.44. The number of hydrogen-bond acceptors (Lipinski definition) is 2. The predicted molar refractivity (Wildman–Crippen MR) is 66.7 cm³/mol. The van der Waals surface area contributed by atoms with Crippen LogP contribution in [0.1, 0.15) is 20.8 Å². The third kappa shape index (κ3) is 2.41. The number of nitrogens with zero attached hydrogens (tertiary/aromatic N) is 1. The van der Waals surface area contributed by atoms with E-state index in [9.17, 15) is 0 Å². The molecule has 3 heteroatoms. The molecule has 1 aromatic rings. The largest absolute Gasteiger partial charge is 0.399 e. The van der Waals surface area contributed by atoms with Crippen molar-refractivity contribution in [2.75, 3.05) is 17.2 Å². The summed E-state index contributed by atoms with van der Waals surface area (Å²) in [6.45, 7) is 7.53. The summed E-state index contributed by atoms with van der Waals surface area (Å²) < 4.78 is 1.06. The van der Waals surface area contributed by atoms with Crippen LogP contribution in [0.2, 0.25) is 0 Å². The van der Waals surface area contributed by atoms with E-state index in [1.54, 1.807) is 0 Å². The first-order valence-electron chi connectivity index (χ1n) is 4.88. The molecule has 0 saturated heterocycles. The van der Waals surface area contributed by atoms with Gasteiger partial charge in [0.15, 0.2) is 0 Å². The van der Waals surface area contributed by atoms with Crippen molar-refractivity contribution in [3.63, 3.8) is 0 Å². The molecule has 0 spiro atoms. The van der Waals surface area contributed by atoms with Gasteiger partial charge in [0.2, 0.25) is 0 Å². The maximum atomic E-state index is 5.70. The lowest BCUT2D eigenvalue weighted by molar-refractivity contribution is 0.702. The van der Waals surface area contributed by atoms with Crippen molar-refractivity contribution >= 4 is 27.3 Å². The first-order chi connectivity index (χ1) is 6.56. The number of nitrogens with two attached hydrogens (primary N) is 1. The molecule has 0 saturated carbocycles. The van der Waals surface area contributed by atoms with Gasteiger partial charge in [-0.1, -0.05) is 0 Å². The van der Waals surface area contributed by atoms with Crippen molar-refractivity contribution in [3.05, 3.63) is 22.7 Å². The van der Waals surface area contributed by atoms with Crippen LogP contribution in [-0.2, 0) is 0 Å². The predicted octanol–water partition coefficient (Wildman–Crippen LogP) is 3.27. The number of halogens is 1. The van der Waals surface area contributed by atoms with E-state index in [2.05, 4.69) is 47.7 Å². The van der Waals surface area contributed by atoms with Crippen molar-refractivity contribution in [3.8, 4) is 0 Å². The number of nitrogen functional groups attached to an aromatic ring is 1. The monoisotopic (exact) mass is 256 g/mol. The zero-order chi connectivity index (χ0) is 10.7. The molecule has 0 bridgehead atoms. The van der Waals surface area contributed by atoms with E-state index in [-0.39, 0.29) is 0 Å². The van der Waals surface area contributed by atoms with Crippen molar-refractivity contribution < 1.29 is 0 Å². The number of benzene rings is 1. The number of rotatable bonds is 3. The SMILES string of the molecule is CCN(c1ccc(N)cc1Br)C(C)C. The standard InChI is InChI=1S/C11H17BrN2/c1-4-14(8(2)3)11-6-5-9(13)7-10(11)12/h5-8H,4,13H2,1-3H3. The summed E-state index contributed by atoms with van der Waals surface area (Å²) in [7, 11) is 0. The summed E-state index contributed by atoms with van der Waals surface area (Å²) in [6.07, 6.45) is 0. The van der Waals surface area contributed by atoms with Gasteiger partial charge in [-0.05, 0) is 54.9 Å². The van der Waals surface area contributed by atoms with Gasteiger partial charge in [-0.15, -0.1) is 0 Å². The maximum Gasteiger partial charge on any atom is 0.0514 e. The minimum Gasteiger partial charge on any atom is -0.399 e. The van der Waals surface area contributed by atoms with Crippen LogP contribution in [0.3, 0.4) is 0 Å². The first-order valence-corrected chi connectivity index (χ1v) is 5.67. The zero-order valence-electron chi connectivity index (χ0n) is 8.92. The van der Waals surface area contributed by atoms with Gasteiger partial charge < -0.3 is 10.6 Å². The normalized spacial score (nSPS) is 10.6. The summed E-state index contributed by atoms with van der Waals surface area (Å²) in [5.74, 6) is 0. The van der Waals surface area contributed by atoms with Crippen LogP contribution in [0, 0.1) is 0 Å². The van der Waals surface area contributed by atoms with E-state index < -0.39 is 0 Å². The molecule has 2 N–H and O–H groups in total. The highest BCUT2D eigenvalue weighted by molar-refractivity contribution is 9.10. The Balaban J connectivity index is 3.04. The van der Waals surface area contributed by atoms with E-state index in [1.807, 2.05) is 12.1 Å². The molecule has 1 aromatic carbocycles. The molecular weight excluding hydrogens is 240 g/mol. The molecule has 1 rings (SSSR count). The molecule has 78 valence electrons. The Morgan fingerprint density at radius 1 is 1.43 bits per heavy atom. The molecule has 0 aromatic heterocycles. The van der Waals surface area contributed by atoms with Crippen LogP contribution in [0.4, 0.5) is 11.4 Å². The fraction of sp³-hybridized carbons (Fsp3) is 0.455. The second-order valence-electron chi connectivity index (χ2n) is 3.59. The van der Waals surface area contributed by atoms with Crippen LogP contribution in [0.25, 0.3) is 0 Å². The molecule has 0 heterocycles. The second-order valence-corrected chi connectivity index (χ2v) is 4.44. The highest BCUT2D eigenvalue weighted by atomic mass is 79.9. The average molecular weight is 257 g/mol. The Kier molecular flexibility index (Phi) is 3.81. The Hall–Kier alpha value is -0.700. The van der Waals surface area contributed by atoms with Gasteiger partial charge in [0.25, 0.3) is 0 Å². The van der Waals surface area contributed by atoms with Crippen molar-refractivity contribution in [1.29, 1.82) is 0 Å². The van der Waals surface area contributed by atoms with E-state index >= 15 is 0 Å². The van der Waals surface area contributed by atoms with Gasteiger partial charge in [0.05, 0.1) is 5.69 Å². The van der Waals surface area contributed by atoms with E-state index in [0.29, 0.717) is 6.04 Å². The number of anilines is 2. The van der Waals surface area contributed by atoms with Gasteiger partial charge >= 0.3 is 0 Å². The molecule has 0 aliphatic heterocycles. The van der Waals surface area contributed by atoms with E-state index in [0.717, 1.165) is 16.7 Å². The molecule has 0 aliphatic carbocycles.